The Morgan fingerprint density at radius 2 is 1.41 bits per heavy atom. The third kappa shape index (κ3) is 2.96. The molecule has 3 rings (SSSR count). The number of nitro groups is 1. The van der Waals surface area contributed by atoms with E-state index in [9.17, 15) is 10.1 Å². The number of nitrogens with zero attached hydrogens (tertiary/aromatic N) is 1. The molecule has 0 radical (unpaired) electrons. The van der Waals surface area contributed by atoms with Gasteiger partial charge in [0.1, 0.15) is 11.5 Å². The van der Waals surface area contributed by atoms with Crippen LogP contribution in [0.1, 0.15) is 0 Å². The van der Waals surface area contributed by atoms with Crippen molar-refractivity contribution in [2.24, 2.45) is 0 Å². The topological polar surface area (TPSA) is 52.4 Å². The molecule has 0 fully saturated rings. The monoisotopic (exact) mass is 291 g/mol. The van der Waals surface area contributed by atoms with Gasteiger partial charge in [-0.05, 0) is 35.9 Å². The van der Waals surface area contributed by atoms with Gasteiger partial charge in [0.05, 0.1) is 4.92 Å². The average Bonchev–Trinajstić information content (AvgIpc) is 2.56. The van der Waals surface area contributed by atoms with Crippen LogP contribution in [-0.4, -0.2) is 4.92 Å². The number of para-hydroxylation sites is 2. The van der Waals surface area contributed by atoms with Gasteiger partial charge in [0, 0.05) is 17.7 Å². The molecule has 0 atom stereocenters. The minimum absolute atomic E-state index is 0.0743. The summed E-state index contributed by atoms with van der Waals surface area (Å²) in [5.41, 5.74) is 1.84. The van der Waals surface area contributed by atoms with E-state index in [1.54, 1.807) is 12.1 Å². The average molecular weight is 291 g/mol. The lowest BCUT2D eigenvalue weighted by atomic mass is 10.0. The summed E-state index contributed by atoms with van der Waals surface area (Å²) in [4.78, 5) is 10.3. The lowest BCUT2D eigenvalue weighted by Crippen LogP contribution is -1.89. The Bertz CT molecular complexity index is 783. The van der Waals surface area contributed by atoms with Crippen molar-refractivity contribution in [1.82, 2.24) is 0 Å². The van der Waals surface area contributed by atoms with E-state index in [0.717, 1.165) is 16.9 Å². The van der Waals surface area contributed by atoms with E-state index in [2.05, 4.69) is 0 Å². The van der Waals surface area contributed by atoms with Crippen LogP contribution in [0.25, 0.3) is 11.1 Å². The summed E-state index contributed by atoms with van der Waals surface area (Å²) < 4.78 is 5.91. The fraction of sp³-hybridized carbons (Fsp3) is 0. The lowest BCUT2D eigenvalue weighted by Gasteiger charge is -2.11. The second-order valence-electron chi connectivity index (χ2n) is 4.72. The highest BCUT2D eigenvalue weighted by molar-refractivity contribution is 5.71. The number of ether oxygens (including phenoxy) is 1. The second kappa shape index (κ2) is 6.10. The molecule has 0 saturated heterocycles. The molecule has 3 aromatic rings. The number of rotatable bonds is 4. The van der Waals surface area contributed by atoms with Crippen LogP contribution in [0.15, 0.2) is 78.9 Å². The maximum atomic E-state index is 10.7. The standard InChI is InChI=1S/C18H13NO3/c20-19(21)15-12-10-14(11-13-15)17-8-4-5-9-18(17)22-16-6-2-1-3-7-16/h1-13H. The molecular formula is C18H13NO3. The van der Waals surface area contributed by atoms with Gasteiger partial charge < -0.3 is 4.74 Å². The maximum Gasteiger partial charge on any atom is 0.269 e. The molecule has 4 nitrogen and oxygen atoms in total. The predicted octanol–water partition coefficient (Wildman–Crippen LogP) is 5.05. The Morgan fingerprint density at radius 1 is 0.773 bits per heavy atom. The van der Waals surface area contributed by atoms with Gasteiger partial charge >= 0.3 is 0 Å². The molecule has 0 N–H and O–H groups in total. The summed E-state index contributed by atoms with van der Waals surface area (Å²) in [6, 6.07) is 23.6. The first-order valence-electron chi connectivity index (χ1n) is 6.81. The van der Waals surface area contributed by atoms with E-state index in [1.807, 2.05) is 54.6 Å². The minimum atomic E-state index is -0.407. The van der Waals surface area contributed by atoms with Gasteiger partial charge in [0.2, 0.25) is 0 Å². The highest BCUT2D eigenvalue weighted by Gasteiger charge is 2.09. The first kappa shape index (κ1) is 13.8. The van der Waals surface area contributed by atoms with Gasteiger partial charge in [-0.15, -0.1) is 0 Å². The van der Waals surface area contributed by atoms with Crippen LogP contribution in [0, 0.1) is 10.1 Å². The first-order valence-corrected chi connectivity index (χ1v) is 6.81. The van der Waals surface area contributed by atoms with Gasteiger partial charge in [-0.25, -0.2) is 0 Å². The zero-order valence-electron chi connectivity index (χ0n) is 11.7. The van der Waals surface area contributed by atoms with E-state index in [-0.39, 0.29) is 5.69 Å². The number of non-ortho nitro benzene ring substituents is 1. The molecule has 108 valence electrons. The Kier molecular flexibility index (Phi) is 3.83. The summed E-state index contributed by atoms with van der Waals surface area (Å²) in [7, 11) is 0. The molecule has 22 heavy (non-hydrogen) atoms. The molecule has 0 aliphatic heterocycles. The molecule has 0 saturated carbocycles. The smallest absolute Gasteiger partial charge is 0.269 e. The van der Waals surface area contributed by atoms with Gasteiger partial charge in [0.25, 0.3) is 5.69 Å². The van der Waals surface area contributed by atoms with Gasteiger partial charge in [0.15, 0.2) is 0 Å². The lowest BCUT2D eigenvalue weighted by molar-refractivity contribution is -0.384. The Labute approximate surface area is 127 Å². The zero-order valence-corrected chi connectivity index (χ0v) is 11.7. The van der Waals surface area contributed by atoms with E-state index >= 15 is 0 Å². The normalized spacial score (nSPS) is 10.2. The van der Waals surface area contributed by atoms with Crippen molar-refractivity contribution in [1.29, 1.82) is 0 Å². The molecule has 0 amide bonds. The predicted molar refractivity (Wildman–Crippen MR) is 85.0 cm³/mol. The quantitative estimate of drug-likeness (QED) is 0.499. The summed E-state index contributed by atoms with van der Waals surface area (Å²) in [5.74, 6) is 1.46. The summed E-state index contributed by atoms with van der Waals surface area (Å²) in [6.07, 6.45) is 0. The van der Waals surface area contributed by atoms with Crippen LogP contribution < -0.4 is 4.74 Å². The van der Waals surface area contributed by atoms with Crippen molar-refractivity contribution in [3.05, 3.63) is 89.0 Å². The second-order valence-corrected chi connectivity index (χ2v) is 4.72. The van der Waals surface area contributed by atoms with Crippen molar-refractivity contribution in [3.63, 3.8) is 0 Å². The van der Waals surface area contributed by atoms with Crippen LogP contribution in [-0.2, 0) is 0 Å². The van der Waals surface area contributed by atoms with Crippen molar-refractivity contribution in [2.45, 2.75) is 0 Å². The van der Waals surface area contributed by atoms with Crippen LogP contribution in [0.2, 0.25) is 0 Å². The van der Waals surface area contributed by atoms with Crippen molar-refractivity contribution in [3.8, 4) is 22.6 Å². The van der Waals surface area contributed by atoms with E-state index in [0.29, 0.717) is 5.75 Å². The fourth-order valence-corrected chi connectivity index (χ4v) is 2.17. The SMILES string of the molecule is O=[N+]([O-])c1ccc(-c2ccccc2Oc2ccccc2)cc1. The molecule has 0 bridgehead atoms. The Balaban J connectivity index is 1.95. The van der Waals surface area contributed by atoms with E-state index in [1.165, 1.54) is 12.1 Å². The Hall–Kier alpha value is -3.14. The third-order valence-corrected chi connectivity index (χ3v) is 3.25. The molecular weight excluding hydrogens is 278 g/mol. The summed E-state index contributed by atoms with van der Waals surface area (Å²) in [6.45, 7) is 0. The van der Waals surface area contributed by atoms with Gasteiger partial charge in [-0.1, -0.05) is 36.4 Å². The molecule has 0 unspecified atom stereocenters. The summed E-state index contributed by atoms with van der Waals surface area (Å²) in [5, 5.41) is 10.7. The highest BCUT2D eigenvalue weighted by Crippen LogP contribution is 2.33. The van der Waals surface area contributed by atoms with Crippen LogP contribution >= 0.6 is 0 Å². The highest BCUT2D eigenvalue weighted by atomic mass is 16.6. The number of hydrogen-bond donors (Lipinski definition) is 0. The molecule has 4 heteroatoms. The van der Waals surface area contributed by atoms with Crippen molar-refractivity contribution in [2.75, 3.05) is 0 Å². The molecule has 0 aliphatic carbocycles. The molecule has 3 aromatic carbocycles. The largest absolute Gasteiger partial charge is 0.457 e. The Morgan fingerprint density at radius 3 is 2.09 bits per heavy atom. The van der Waals surface area contributed by atoms with Crippen LogP contribution in [0.3, 0.4) is 0 Å². The van der Waals surface area contributed by atoms with Crippen molar-refractivity contribution < 1.29 is 9.66 Å². The van der Waals surface area contributed by atoms with E-state index in [4.69, 9.17) is 4.74 Å². The van der Waals surface area contributed by atoms with Crippen LogP contribution in [0.4, 0.5) is 5.69 Å². The summed E-state index contributed by atoms with van der Waals surface area (Å²) >= 11 is 0. The molecule has 0 aliphatic rings. The fourth-order valence-electron chi connectivity index (χ4n) is 2.17. The van der Waals surface area contributed by atoms with Crippen LogP contribution in [0.5, 0.6) is 11.5 Å². The van der Waals surface area contributed by atoms with E-state index < -0.39 is 4.92 Å². The minimum Gasteiger partial charge on any atom is -0.457 e. The van der Waals surface area contributed by atoms with Crippen molar-refractivity contribution >= 4 is 5.69 Å². The number of benzene rings is 3. The molecule has 0 spiro atoms. The maximum absolute atomic E-state index is 10.7. The third-order valence-electron chi connectivity index (χ3n) is 3.25. The molecule has 0 heterocycles. The number of hydrogen-bond acceptors (Lipinski definition) is 3. The molecule has 0 aromatic heterocycles. The number of nitro benzene ring substituents is 1. The van der Waals surface area contributed by atoms with Gasteiger partial charge in [-0.2, -0.15) is 0 Å². The first-order chi connectivity index (χ1) is 10.7. The zero-order chi connectivity index (χ0) is 15.4. The van der Waals surface area contributed by atoms with Gasteiger partial charge in [-0.3, -0.25) is 10.1 Å².